The van der Waals surface area contributed by atoms with Gasteiger partial charge in [0.1, 0.15) is 0 Å². The maximum absolute atomic E-state index is 11.5. The molecule has 6 heteroatoms. The molecular formula is C10H16N2O4. The number of carboxylic acid groups (broad SMARTS) is 1. The molecule has 0 saturated carbocycles. The smallest absolute Gasteiger partial charge is 0.332 e. The van der Waals surface area contributed by atoms with Gasteiger partial charge in [-0.25, -0.2) is 4.79 Å². The zero-order valence-corrected chi connectivity index (χ0v) is 8.80. The number of rotatable bonds is 5. The molecular weight excluding hydrogens is 212 g/mol. The predicted octanol–water partition coefficient (Wildman–Crippen LogP) is -1.16. The van der Waals surface area contributed by atoms with Crippen LogP contribution in [0.25, 0.3) is 0 Å². The van der Waals surface area contributed by atoms with E-state index in [4.69, 9.17) is 15.9 Å². The van der Waals surface area contributed by atoms with Gasteiger partial charge >= 0.3 is 5.97 Å². The van der Waals surface area contributed by atoms with Gasteiger partial charge in [-0.2, -0.15) is 0 Å². The summed E-state index contributed by atoms with van der Waals surface area (Å²) in [4.78, 5) is 21.8. The van der Waals surface area contributed by atoms with Crippen LogP contribution in [0.2, 0.25) is 0 Å². The average Bonchev–Trinajstić information content (AvgIpc) is 2.64. The zero-order chi connectivity index (χ0) is 12.1. The van der Waals surface area contributed by atoms with Crippen molar-refractivity contribution in [2.45, 2.75) is 25.0 Å². The Bertz CT molecular complexity index is 303. The van der Waals surface area contributed by atoms with E-state index in [1.807, 2.05) is 0 Å². The molecule has 5 N–H and O–H groups in total. The molecule has 1 aliphatic carbocycles. The van der Waals surface area contributed by atoms with Gasteiger partial charge in [0.15, 0.2) is 6.10 Å². The lowest BCUT2D eigenvalue weighted by atomic mass is 10.1. The number of hydrogen-bond acceptors (Lipinski definition) is 4. The summed E-state index contributed by atoms with van der Waals surface area (Å²) in [5, 5.41) is 19.9. The fourth-order valence-electron chi connectivity index (χ4n) is 1.51. The second kappa shape index (κ2) is 5.62. The highest BCUT2D eigenvalue weighted by atomic mass is 16.4. The summed E-state index contributed by atoms with van der Waals surface area (Å²) in [7, 11) is 0. The van der Waals surface area contributed by atoms with E-state index >= 15 is 0 Å². The Kier molecular flexibility index (Phi) is 4.45. The molecule has 3 atom stereocenters. The number of carbonyl (C=O) groups is 2. The van der Waals surface area contributed by atoms with E-state index in [0.29, 0.717) is 6.42 Å². The monoisotopic (exact) mass is 228 g/mol. The highest BCUT2D eigenvalue weighted by molar-refractivity contribution is 5.81. The van der Waals surface area contributed by atoms with Crippen LogP contribution in [-0.2, 0) is 9.59 Å². The molecule has 16 heavy (non-hydrogen) atoms. The topological polar surface area (TPSA) is 113 Å². The van der Waals surface area contributed by atoms with Crippen molar-refractivity contribution in [3.8, 4) is 0 Å². The van der Waals surface area contributed by atoms with Crippen molar-refractivity contribution in [1.29, 1.82) is 0 Å². The van der Waals surface area contributed by atoms with Crippen molar-refractivity contribution in [2.24, 2.45) is 11.7 Å². The SMILES string of the molecule is NC1C=CC(C(=O)NCC[C@H](O)C(=O)O)C1. The Balaban J connectivity index is 2.21. The van der Waals surface area contributed by atoms with E-state index in [1.165, 1.54) is 0 Å². The molecule has 0 spiro atoms. The molecule has 0 bridgehead atoms. The van der Waals surface area contributed by atoms with Crippen LogP contribution in [0.5, 0.6) is 0 Å². The predicted molar refractivity (Wildman–Crippen MR) is 56.5 cm³/mol. The summed E-state index contributed by atoms with van der Waals surface area (Å²) >= 11 is 0. The van der Waals surface area contributed by atoms with Gasteiger partial charge in [-0.05, 0) is 6.42 Å². The van der Waals surface area contributed by atoms with Crippen LogP contribution in [0.1, 0.15) is 12.8 Å². The van der Waals surface area contributed by atoms with Gasteiger partial charge in [0.25, 0.3) is 0 Å². The number of amides is 1. The highest BCUT2D eigenvalue weighted by Gasteiger charge is 2.22. The van der Waals surface area contributed by atoms with Crippen molar-refractivity contribution in [3.63, 3.8) is 0 Å². The van der Waals surface area contributed by atoms with Crippen molar-refractivity contribution >= 4 is 11.9 Å². The Labute approximate surface area is 93.1 Å². The summed E-state index contributed by atoms with van der Waals surface area (Å²) in [6.07, 6.45) is 2.67. The number of nitrogens with two attached hydrogens (primary N) is 1. The van der Waals surface area contributed by atoms with Gasteiger partial charge in [-0.1, -0.05) is 12.2 Å². The van der Waals surface area contributed by atoms with E-state index in [-0.39, 0.29) is 30.8 Å². The number of aliphatic carboxylic acids is 1. The van der Waals surface area contributed by atoms with Gasteiger partial charge in [-0.3, -0.25) is 4.79 Å². The third kappa shape index (κ3) is 3.63. The lowest BCUT2D eigenvalue weighted by molar-refractivity contribution is -0.147. The van der Waals surface area contributed by atoms with E-state index in [9.17, 15) is 9.59 Å². The molecule has 1 rings (SSSR count). The number of aliphatic hydroxyl groups excluding tert-OH is 1. The summed E-state index contributed by atoms with van der Waals surface area (Å²) in [5.74, 6) is -1.70. The zero-order valence-electron chi connectivity index (χ0n) is 8.80. The van der Waals surface area contributed by atoms with E-state index in [2.05, 4.69) is 5.32 Å². The number of hydrogen-bond donors (Lipinski definition) is 4. The van der Waals surface area contributed by atoms with E-state index < -0.39 is 12.1 Å². The Morgan fingerprint density at radius 2 is 2.19 bits per heavy atom. The van der Waals surface area contributed by atoms with Gasteiger partial charge in [0.2, 0.25) is 5.91 Å². The number of nitrogens with one attached hydrogen (secondary N) is 1. The number of aliphatic hydroxyl groups is 1. The Morgan fingerprint density at radius 3 is 2.69 bits per heavy atom. The normalized spacial score (nSPS) is 25.4. The third-order valence-corrected chi connectivity index (χ3v) is 2.46. The van der Waals surface area contributed by atoms with Gasteiger partial charge in [-0.15, -0.1) is 0 Å². The lowest BCUT2D eigenvalue weighted by Crippen LogP contribution is -2.34. The van der Waals surface area contributed by atoms with Crippen LogP contribution < -0.4 is 11.1 Å². The van der Waals surface area contributed by atoms with Gasteiger partial charge in [0.05, 0.1) is 5.92 Å². The van der Waals surface area contributed by atoms with Crippen LogP contribution in [0.15, 0.2) is 12.2 Å². The van der Waals surface area contributed by atoms with Crippen LogP contribution >= 0.6 is 0 Å². The number of carboxylic acids is 1. The van der Waals surface area contributed by atoms with Crippen molar-refractivity contribution < 1.29 is 19.8 Å². The summed E-state index contributed by atoms with van der Waals surface area (Å²) in [6.45, 7) is 0.145. The Hall–Kier alpha value is -1.40. The molecule has 2 unspecified atom stereocenters. The minimum absolute atomic E-state index is 0.00353. The van der Waals surface area contributed by atoms with Crippen LogP contribution in [0.3, 0.4) is 0 Å². The minimum Gasteiger partial charge on any atom is -0.479 e. The third-order valence-electron chi connectivity index (χ3n) is 2.46. The molecule has 1 aliphatic rings. The molecule has 6 nitrogen and oxygen atoms in total. The van der Waals surface area contributed by atoms with Crippen molar-refractivity contribution in [2.75, 3.05) is 6.54 Å². The fourth-order valence-corrected chi connectivity index (χ4v) is 1.51. The fraction of sp³-hybridized carbons (Fsp3) is 0.600. The summed E-state index contributed by atoms with van der Waals surface area (Å²) in [5.41, 5.74) is 5.60. The first kappa shape index (κ1) is 12.7. The average molecular weight is 228 g/mol. The number of carbonyl (C=O) groups excluding carboxylic acids is 1. The molecule has 0 aromatic heterocycles. The van der Waals surface area contributed by atoms with Crippen LogP contribution in [0, 0.1) is 5.92 Å². The van der Waals surface area contributed by atoms with Crippen LogP contribution in [0.4, 0.5) is 0 Å². The van der Waals surface area contributed by atoms with Crippen molar-refractivity contribution in [3.05, 3.63) is 12.2 Å². The van der Waals surface area contributed by atoms with Crippen molar-refractivity contribution in [1.82, 2.24) is 5.32 Å². The molecule has 0 aromatic rings. The quantitative estimate of drug-likeness (QED) is 0.443. The standard InChI is InChI=1S/C10H16N2O4/c11-7-2-1-6(5-7)9(14)12-4-3-8(13)10(15)16/h1-2,6-8,13H,3-5,11H2,(H,12,14)(H,15,16)/t6?,7?,8-/m0/s1. The maximum Gasteiger partial charge on any atom is 0.332 e. The first-order valence-electron chi connectivity index (χ1n) is 5.13. The lowest BCUT2D eigenvalue weighted by Gasteiger charge is -2.11. The summed E-state index contributed by atoms with van der Waals surface area (Å²) < 4.78 is 0. The highest BCUT2D eigenvalue weighted by Crippen LogP contribution is 2.16. The maximum atomic E-state index is 11.5. The summed E-state index contributed by atoms with van der Waals surface area (Å²) in [6, 6.07) is -0.0830. The molecule has 0 radical (unpaired) electrons. The second-order valence-corrected chi connectivity index (χ2v) is 3.82. The molecule has 0 fully saturated rings. The van der Waals surface area contributed by atoms with E-state index in [0.717, 1.165) is 0 Å². The largest absolute Gasteiger partial charge is 0.479 e. The minimum atomic E-state index is -1.43. The van der Waals surface area contributed by atoms with Gasteiger partial charge < -0.3 is 21.3 Å². The molecule has 1 amide bonds. The molecule has 0 aromatic carbocycles. The first-order chi connectivity index (χ1) is 7.50. The van der Waals surface area contributed by atoms with Crippen LogP contribution in [-0.4, -0.2) is 40.8 Å². The molecule has 0 heterocycles. The Morgan fingerprint density at radius 1 is 1.50 bits per heavy atom. The first-order valence-corrected chi connectivity index (χ1v) is 5.13. The molecule has 0 aliphatic heterocycles. The molecule has 0 saturated heterocycles. The van der Waals surface area contributed by atoms with Gasteiger partial charge in [0, 0.05) is 19.0 Å². The molecule has 90 valence electrons. The van der Waals surface area contributed by atoms with E-state index in [1.54, 1.807) is 12.2 Å². The second-order valence-electron chi connectivity index (χ2n) is 3.82.